The summed E-state index contributed by atoms with van der Waals surface area (Å²) >= 11 is 0. The number of carbonyl (C=O) groups excluding carboxylic acids is 1. The molecule has 126 valence electrons. The van der Waals surface area contributed by atoms with Crippen molar-refractivity contribution in [2.24, 2.45) is 0 Å². The van der Waals surface area contributed by atoms with Gasteiger partial charge in [0.05, 0.1) is 0 Å². The van der Waals surface area contributed by atoms with Crippen LogP contribution in [0, 0.1) is 18.3 Å². The zero-order chi connectivity index (χ0) is 18.2. The van der Waals surface area contributed by atoms with Crippen LogP contribution in [0.15, 0.2) is 60.2 Å². The van der Waals surface area contributed by atoms with E-state index >= 15 is 0 Å². The standard InChI is InChI=1S/C20H18N2O3/c1-14-4-2-6-16(8-14)13-22-20(25)17(12-21)7-3-5-15-9-18(23)11-19(24)10-15/h2-11,23-24H,13H2,1H3,(H,22,25)/b5-3+,17-7+. The summed E-state index contributed by atoms with van der Waals surface area (Å²) in [7, 11) is 0. The van der Waals surface area contributed by atoms with Gasteiger partial charge in [0.2, 0.25) is 0 Å². The Kier molecular flexibility index (Phi) is 5.97. The molecule has 2 aromatic carbocycles. The van der Waals surface area contributed by atoms with Gasteiger partial charge in [-0.3, -0.25) is 4.79 Å². The number of nitriles is 1. The van der Waals surface area contributed by atoms with Crippen LogP contribution in [-0.2, 0) is 11.3 Å². The average molecular weight is 334 g/mol. The number of rotatable bonds is 5. The van der Waals surface area contributed by atoms with E-state index in [2.05, 4.69) is 5.32 Å². The fourth-order valence-electron chi connectivity index (χ4n) is 2.23. The number of phenolic OH excluding ortho intramolecular Hbond substituents is 2. The van der Waals surface area contributed by atoms with E-state index in [0.29, 0.717) is 12.1 Å². The molecule has 0 spiro atoms. The second-order valence-electron chi connectivity index (χ2n) is 5.51. The summed E-state index contributed by atoms with van der Waals surface area (Å²) in [6.45, 7) is 2.31. The first kappa shape index (κ1) is 17.8. The Hall–Kier alpha value is -3.52. The van der Waals surface area contributed by atoms with Gasteiger partial charge < -0.3 is 15.5 Å². The summed E-state index contributed by atoms with van der Waals surface area (Å²) in [5.41, 5.74) is 2.57. The molecule has 2 rings (SSSR count). The van der Waals surface area contributed by atoms with Gasteiger partial charge in [-0.2, -0.15) is 5.26 Å². The smallest absolute Gasteiger partial charge is 0.262 e. The monoisotopic (exact) mass is 334 g/mol. The molecule has 25 heavy (non-hydrogen) atoms. The molecule has 5 heteroatoms. The van der Waals surface area contributed by atoms with Crippen molar-refractivity contribution in [1.29, 1.82) is 5.26 Å². The molecular weight excluding hydrogens is 316 g/mol. The number of amides is 1. The van der Waals surface area contributed by atoms with Crippen molar-refractivity contribution in [2.75, 3.05) is 0 Å². The number of phenols is 2. The molecule has 0 fully saturated rings. The molecule has 0 aliphatic carbocycles. The first-order valence-corrected chi connectivity index (χ1v) is 7.63. The quantitative estimate of drug-likeness (QED) is 0.445. The van der Waals surface area contributed by atoms with Crippen molar-refractivity contribution >= 4 is 12.0 Å². The molecule has 1 amide bonds. The van der Waals surface area contributed by atoms with E-state index in [0.717, 1.165) is 11.1 Å². The number of nitrogens with zero attached hydrogens (tertiary/aromatic N) is 1. The third-order valence-electron chi connectivity index (χ3n) is 3.38. The van der Waals surface area contributed by atoms with Crippen LogP contribution in [0.5, 0.6) is 11.5 Å². The summed E-state index contributed by atoms with van der Waals surface area (Å²) in [5, 5.41) is 30.6. The molecule has 0 atom stereocenters. The molecule has 0 bridgehead atoms. The molecule has 0 saturated heterocycles. The van der Waals surface area contributed by atoms with Crippen LogP contribution in [0.1, 0.15) is 16.7 Å². The van der Waals surface area contributed by atoms with Crippen molar-refractivity contribution in [1.82, 2.24) is 5.32 Å². The van der Waals surface area contributed by atoms with Gasteiger partial charge in [-0.1, -0.05) is 42.0 Å². The van der Waals surface area contributed by atoms with E-state index in [1.807, 2.05) is 37.3 Å². The van der Waals surface area contributed by atoms with E-state index in [-0.39, 0.29) is 17.1 Å². The Morgan fingerprint density at radius 2 is 1.92 bits per heavy atom. The Morgan fingerprint density at radius 3 is 2.56 bits per heavy atom. The van der Waals surface area contributed by atoms with Gasteiger partial charge >= 0.3 is 0 Å². The molecule has 0 radical (unpaired) electrons. The number of carbonyl (C=O) groups is 1. The van der Waals surface area contributed by atoms with Crippen molar-refractivity contribution in [3.63, 3.8) is 0 Å². The second kappa shape index (κ2) is 8.37. The third kappa shape index (κ3) is 5.56. The fraction of sp³-hybridized carbons (Fsp3) is 0.100. The maximum Gasteiger partial charge on any atom is 0.262 e. The molecule has 0 heterocycles. The number of nitrogens with one attached hydrogen (secondary N) is 1. The Balaban J connectivity index is 2.02. The van der Waals surface area contributed by atoms with E-state index in [9.17, 15) is 15.0 Å². The largest absolute Gasteiger partial charge is 0.508 e. The van der Waals surface area contributed by atoms with Gasteiger partial charge in [-0.25, -0.2) is 0 Å². The average Bonchev–Trinajstić information content (AvgIpc) is 2.56. The maximum absolute atomic E-state index is 12.1. The van der Waals surface area contributed by atoms with Crippen LogP contribution in [0.2, 0.25) is 0 Å². The SMILES string of the molecule is Cc1cccc(CNC(=O)/C(C#N)=C/C=C/c2cc(O)cc(O)c2)c1. The normalized spacial score (nSPS) is 11.3. The van der Waals surface area contributed by atoms with Crippen LogP contribution in [0.3, 0.4) is 0 Å². The molecule has 3 N–H and O–H groups in total. The molecule has 0 saturated carbocycles. The van der Waals surface area contributed by atoms with Crippen molar-refractivity contribution in [2.45, 2.75) is 13.5 Å². The van der Waals surface area contributed by atoms with Gasteiger partial charge in [0, 0.05) is 12.6 Å². The van der Waals surface area contributed by atoms with Gasteiger partial charge in [0.25, 0.3) is 5.91 Å². The van der Waals surface area contributed by atoms with E-state index in [1.54, 1.807) is 6.08 Å². The van der Waals surface area contributed by atoms with Crippen LogP contribution in [0.25, 0.3) is 6.08 Å². The highest BCUT2D eigenvalue weighted by molar-refractivity contribution is 5.97. The highest BCUT2D eigenvalue weighted by Crippen LogP contribution is 2.21. The number of hydrogen-bond donors (Lipinski definition) is 3. The maximum atomic E-state index is 12.1. The predicted octanol–water partition coefficient (Wildman–Crippen LogP) is 3.19. The lowest BCUT2D eigenvalue weighted by Crippen LogP contribution is -2.23. The number of benzene rings is 2. The minimum absolute atomic E-state index is 0.0340. The topological polar surface area (TPSA) is 93.4 Å². The van der Waals surface area contributed by atoms with Gasteiger partial charge in [-0.05, 0) is 36.3 Å². The molecular formula is C20H18N2O3. The summed E-state index contributed by atoms with van der Waals surface area (Å²) in [5.74, 6) is -0.604. The minimum atomic E-state index is -0.465. The zero-order valence-corrected chi connectivity index (χ0v) is 13.7. The van der Waals surface area contributed by atoms with E-state index in [4.69, 9.17) is 5.26 Å². The van der Waals surface area contributed by atoms with E-state index in [1.165, 1.54) is 30.4 Å². The zero-order valence-electron chi connectivity index (χ0n) is 13.7. The first-order valence-electron chi connectivity index (χ1n) is 7.63. The third-order valence-corrected chi connectivity index (χ3v) is 3.38. The van der Waals surface area contributed by atoms with Gasteiger partial charge in [0.1, 0.15) is 23.1 Å². The highest BCUT2D eigenvalue weighted by atomic mass is 16.3. The second-order valence-corrected chi connectivity index (χ2v) is 5.51. The number of allylic oxidation sites excluding steroid dienone is 2. The minimum Gasteiger partial charge on any atom is -0.508 e. The summed E-state index contributed by atoms with van der Waals surface area (Å²) in [4.78, 5) is 12.1. The lowest BCUT2D eigenvalue weighted by Gasteiger charge is -2.05. The van der Waals surface area contributed by atoms with Crippen molar-refractivity contribution in [3.8, 4) is 17.6 Å². The predicted molar refractivity (Wildman–Crippen MR) is 95.5 cm³/mol. The molecule has 2 aromatic rings. The van der Waals surface area contributed by atoms with Crippen LogP contribution in [-0.4, -0.2) is 16.1 Å². The van der Waals surface area contributed by atoms with Crippen LogP contribution in [0.4, 0.5) is 0 Å². The van der Waals surface area contributed by atoms with Crippen LogP contribution >= 0.6 is 0 Å². The number of aromatic hydroxyl groups is 2. The molecule has 5 nitrogen and oxygen atoms in total. The lowest BCUT2D eigenvalue weighted by molar-refractivity contribution is -0.117. The fourth-order valence-corrected chi connectivity index (χ4v) is 2.23. The van der Waals surface area contributed by atoms with Crippen molar-refractivity contribution in [3.05, 3.63) is 76.9 Å². The highest BCUT2D eigenvalue weighted by Gasteiger charge is 2.07. The first-order chi connectivity index (χ1) is 12.0. The molecule has 0 aliphatic heterocycles. The Bertz CT molecular complexity index is 857. The Morgan fingerprint density at radius 1 is 1.20 bits per heavy atom. The molecule has 0 aromatic heterocycles. The van der Waals surface area contributed by atoms with Gasteiger partial charge in [0.15, 0.2) is 0 Å². The summed E-state index contributed by atoms with van der Waals surface area (Å²) in [6, 6.07) is 13.7. The number of hydrogen-bond acceptors (Lipinski definition) is 4. The van der Waals surface area contributed by atoms with Gasteiger partial charge in [-0.15, -0.1) is 0 Å². The Labute approximate surface area is 146 Å². The summed E-state index contributed by atoms with van der Waals surface area (Å²) in [6.07, 6.45) is 4.47. The summed E-state index contributed by atoms with van der Waals surface area (Å²) < 4.78 is 0. The van der Waals surface area contributed by atoms with Crippen molar-refractivity contribution < 1.29 is 15.0 Å². The van der Waals surface area contributed by atoms with Crippen LogP contribution < -0.4 is 5.32 Å². The number of aryl methyl sites for hydroxylation is 1. The molecule has 0 aliphatic rings. The lowest BCUT2D eigenvalue weighted by atomic mass is 10.1. The molecule has 0 unspecified atom stereocenters. The van der Waals surface area contributed by atoms with E-state index < -0.39 is 5.91 Å².